The third-order valence-electron chi connectivity index (χ3n) is 5.88. The SMILES string of the molecule is COc1cnc2c(-c3nc4c(Cl)cc5c(c4s3)OC[C@H](COC(=O)Nc3ccccc3)O5)cc(C)cc2n1. The van der Waals surface area contributed by atoms with Gasteiger partial charge in [0.2, 0.25) is 5.88 Å². The fourth-order valence-electron chi connectivity index (χ4n) is 4.16. The number of halogens is 1. The Hall–Kier alpha value is -4.15. The summed E-state index contributed by atoms with van der Waals surface area (Å²) in [4.78, 5) is 26.1. The quantitative estimate of drug-likeness (QED) is 0.274. The van der Waals surface area contributed by atoms with E-state index < -0.39 is 12.2 Å². The van der Waals surface area contributed by atoms with E-state index in [1.54, 1.807) is 31.5 Å². The lowest BCUT2D eigenvalue weighted by atomic mass is 10.1. The van der Waals surface area contributed by atoms with Gasteiger partial charge in [-0.25, -0.2) is 19.7 Å². The third-order valence-corrected chi connectivity index (χ3v) is 7.25. The van der Waals surface area contributed by atoms with Crippen LogP contribution in [-0.2, 0) is 4.74 Å². The molecular weight excluding hydrogens is 528 g/mol. The number of benzene rings is 3. The van der Waals surface area contributed by atoms with Crippen LogP contribution in [0.3, 0.4) is 0 Å². The molecule has 0 radical (unpaired) electrons. The molecule has 38 heavy (non-hydrogen) atoms. The number of aryl methyl sites for hydroxylation is 1. The molecule has 0 unspecified atom stereocenters. The molecule has 1 aliphatic rings. The normalized spacial score (nSPS) is 14.4. The highest BCUT2D eigenvalue weighted by Gasteiger charge is 2.28. The highest BCUT2D eigenvalue weighted by Crippen LogP contribution is 2.47. The summed E-state index contributed by atoms with van der Waals surface area (Å²) in [5, 5.41) is 3.83. The Morgan fingerprint density at radius 1 is 1.18 bits per heavy atom. The molecule has 3 heterocycles. The van der Waals surface area contributed by atoms with Crippen LogP contribution in [-0.4, -0.2) is 47.5 Å². The van der Waals surface area contributed by atoms with Crippen molar-refractivity contribution >= 4 is 56.0 Å². The summed E-state index contributed by atoms with van der Waals surface area (Å²) in [6, 6.07) is 14.7. The summed E-state index contributed by atoms with van der Waals surface area (Å²) in [5.74, 6) is 1.47. The number of ether oxygens (including phenoxy) is 4. The molecule has 0 fully saturated rings. The Kier molecular flexibility index (Phi) is 6.34. The first-order valence-corrected chi connectivity index (χ1v) is 12.9. The molecule has 0 saturated carbocycles. The number of fused-ring (bicyclic) bond motifs is 4. The predicted molar refractivity (Wildman–Crippen MR) is 146 cm³/mol. The minimum atomic E-state index is -0.572. The highest BCUT2D eigenvalue weighted by atomic mass is 35.5. The summed E-state index contributed by atoms with van der Waals surface area (Å²) >= 11 is 8.06. The molecular formula is C27H21ClN4O5S. The summed E-state index contributed by atoms with van der Waals surface area (Å²) in [7, 11) is 1.56. The minimum Gasteiger partial charge on any atom is -0.484 e. The lowest BCUT2D eigenvalue weighted by Gasteiger charge is -2.26. The standard InChI is InChI=1S/C27H21ClN4O5S/c1-14-8-17(22-19(9-14)31-21(34-2)11-29-22)26-32-23-18(28)10-20-24(25(23)38-26)35-12-16(37-20)13-36-27(33)30-15-6-4-3-5-7-15/h3-11,16H,12-13H2,1-2H3,(H,30,33)/t16-/m1/s1. The Bertz CT molecular complexity index is 1680. The van der Waals surface area contributed by atoms with Crippen LogP contribution in [0.25, 0.3) is 31.8 Å². The van der Waals surface area contributed by atoms with Gasteiger partial charge in [-0.05, 0) is 36.8 Å². The van der Waals surface area contributed by atoms with Crippen molar-refractivity contribution in [2.24, 2.45) is 0 Å². The number of thiazole rings is 1. The van der Waals surface area contributed by atoms with Crippen LogP contribution in [0.4, 0.5) is 10.5 Å². The van der Waals surface area contributed by atoms with Crippen molar-refractivity contribution in [1.29, 1.82) is 0 Å². The number of carbonyl (C=O) groups is 1. The first-order chi connectivity index (χ1) is 18.5. The molecule has 1 N–H and O–H groups in total. The summed E-state index contributed by atoms with van der Waals surface area (Å²) in [5.41, 5.74) is 4.54. The second kappa shape index (κ2) is 9.96. The second-order valence-electron chi connectivity index (χ2n) is 8.62. The van der Waals surface area contributed by atoms with E-state index >= 15 is 0 Å². The van der Waals surface area contributed by atoms with Crippen molar-refractivity contribution < 1.29 is 23.7 Å². The fourth-order valence-corrected chi connectivity index (χ4v) is 5.55. The molecule has 0 saturated heterocycles. The molecule has 6 rings (SSSR count). The van der Waals surface area contributed by atoms with Crippen LogP contribution in [0.2, 0.25) is 5.02 Å². The topological polar surface area (TPSA) is 105 Å². The Morgan fingerprint density at radius 2 is 2.03 bits per heavy atom. The van der Waals surface area contributed by atoms with Gasteiger partial charge in [0.05, 0.1) is 29.4 Å². The van der Waals surface area contributed by atoms with Crippen LogP contribution in [0.5, 0.6) is 17.4 Å². The number of rotatable bonds is 5. The fraction of sp³-hybridized carbons (Fsp3) is 0.185. The number of methoxy groups -OCH3 is 1. The van der Waals surface area contributed by atoms with Gasteiger partial charge in [-0.2, -0.15) is 0 Å². The average Bonchev–Trinajstić information content (AvgIpc) is 3.38. The Balaban J connectivity index is 1.26. The monoisotopic (exact) mass is 548 g/mol. The number of nitrogens with zero attached hydrogens (tertiary/aromatic N) is 3. The number of anilines is 1. The number of carbonyl (C=O) groups excluding carboxylic acids is 1. The highest BCUT2D eigenvalue weighted by molar-refractivity contribution is 7.22. The van der Waals surface area contributed by atoms with Gasteiger partial charge in [-0.1, -0.05) is 29.8 Å². The van der Waals surface area contributed by atoms with Crippen LogP contribution in [0.1, 0.15) is 5.56 Å². The van der Waals surface area contributed by atoms with E-state index in [-0.39, 0.29) is 13.2 Å². The molecule has 11 heteroatoms. The summed E-state index contributed by atoms with van der Waals surface area (Å²) in [6.45, 7) is 2.21. The predicted octanol–water partition coefficient (Wildman–Crippen LogP) is 6.27. The van der Waals surface area contributed by atoms with Gasteiger partial charge in [0, 0.05) is 17.3 Å². The number of para-hydroxylation sites is 1. The molecule has 0 bridgehead atoms. The maximum absolute atomic E-state index is 12.1. The molecule has 3 aromatic carbocycles. The number of hydrogen-bond acceptors (Lipinski definition) is 9. The maximum atomic E-state index is 12.1. The van der Waals surface area contributed by atoms with Crippen LogP contribution < -0.4 is 19.5 Å². The molecule has 1 amide bonds. The van der Waals surface area contributed by atoms with Crippen molar-refractivity contribution in [2.45, 2.75) is 13.0 Å². The number of amides is 1. The van der Waals surface area contributed by atoms with Crippen molar-refractivity contribution in [3.8, 4) is 28.0 Å². The minimum absolute atomic E-state index is 0.0130. The molecule has 1 aliphatic heterocycles. The van der Waals surface area contributed by atoms with Crippen LogP contribution in [0.15, 0.2) is 54.7 Å². The molecule has 9 nitrogen and oxygen atoms in total. The van der Waals surface area contributed by atoms with Crippen LogP contribution in [0, 0.1) is 6.92 Å². The van der Waals surface area contributed by atoms with Crippen molar-refractivity contribution in [2.75, 3.05) is 25.6 Å². The number of hydrogen-bond donors (Lipinski definition) is 1. The zero-order valence-electron chi connectivity index (χ0n) is 20.4. The lowest BCUT2D eigenvalue weighted by molar-refractivity contribution is 0.0384. The Morgan fingerprint density at radius 3 is 2.84 bits per heavy atom. The average molecular weight is 549 g/mol. The van der Waals surface area contributed by atoms with Gasteiger partial charge in [-0.15, -0.1) is 11.3 Å². The lowest BCUT2D eigenvalue weighted by Crippen LogP contribution is -2.35. The van der Waals surface area contributed by atoms with E-state index in [9.17, 15) is 4.79 Å². The van der Waals surface area contributed by atoms with E-state index in [0.29, 0.717) is 44.6 Å². The zero-order valence-corrected chi connectivity index (χ0v) is 21.9. The summed E-state index contributed by atoms with van der Waals surface area (Å²) in [6.07, 6.45) is 0.524. The first-order valence-electron chi connectivity index (χ1n) is 11.7. The van der Waals surface area contributed by atoms with Crippen molar-refractivity contribution in [1.82, 2.24) is 15.0 Å². The van der Waals surface area contributed by atoms with E-state index in [1.807, 2.05) is 37.3 Å². The van der Waals surface area contributed by atoms with Gasteiger partial charge in [0.15, 0.2) is 17.6 Å². The largest absolute Gasteiger partial charge is 0.484 e. The van der Waals surface area contributed by atoms with Gasteiger partial charge in [0.1, 0.15) is 28.4 Å². The van der Waals surface area contributed by atoms with Gasteiger partial charge >= 0.3 is 6.09 Å². The molecule has 192 valence electrons. The molecule has 0 aliphatic carbocycles. The van der Waals surface area contributed by atoms with Crippen molar-refractivity contribution in [3.63, 3.8) is 0 Å². The second-order valence-corrected chi connectivity index (χ2v) is 10.0. The van der Waals surface area contributed by atoms with Gasteiger partial charge in [-0.3, -0.25) is 5.32 Å². The van der Waals surface area contributed by atoms with Gasteiger partial charge in [0.25, 0.3) is 0 Å². The maximum Gasteiger partial charge on any atom is 0.411 e. The summed E-state index contributed by atoms with van der Waals surface area (Å²) < 4.78 is 23.5. The number of aromatic nitrogens is 3. The van der Waals surface area contributed by atoms with Crippen LogP contribution >= 0.6 is 22.9 Å². The molecule has 1 atom stereocenters. The van der Waals surface area contributed by atoms with Gasteiger partial charge < -0.3 is 18.9 Å². The zero-order chi connectivity index (χ0) is 26.2. The molecule has 0 spiro atoms. The van der Waals surface area contributed by atoms with Crippen molar-refractivity contribution in [3.05, 3.63) is 65.3 Å². The third kappa shape index (κ3) is 4.64. The first kappa shape index (κ1) is 24.2. The molecule has 2 aromatic heterocycles. The van der Waals surface area contributed by atoms with E-state index in [2.05, 4.69) is 15.3 Å². The van der Waals surface area contributed by atoms with E-state index in [0.717, 1.165) is 20.8 Å². The Labute approximate surface area is 226 Å². The van der Waals surface area contributed by atoms with E-state index in [4.69, 9.17) is 35.5 Å². The smallest absolute Gasteiger partial charge is 0.411 e. The van der Waals surface area contributed by atoms with E-state index in [1.165, 1.54) is 11.3 Å². The number of nitrogens with one attached hydrogen (secondary N) is 1. The molecule has 5 aromatic rings.